The van der Waals surface area contributed by atoms with E-state index in [4.69, 9.17) is 0 Å². The molecule has 0 spiro atoms. The van der Waals surface area contributed by atoms with E-state index in [2.05, 4.69) is 42.4 Å². The fourth-order valence-electron chi connectivity index (χ4n) is 2.02. The van der Waals surface area contributed by atoms with Gasteiger partial charge in [-0.25, -0.2) is 4.52 Å². The number of pyridine rings is 1. The van der Waals surface area contributed by atoms with Gasteiger partial charge in [-0.15, -0.1) is 0 Å². The molecule has 0 saturated heterocycles. The molecule has 2 heterocycles. The fraction of sp³-hybridized carbons (Fsp3) is 0.462. The number of rotatable bonds is 5. The lowest BCUT2D eigenvalue weighted by Crippen LogP contribution is -2.35. The van der Waals surface area contributed by atoms with Gasteiger partial charge in [0.2, 0.25) is 0 Å². The zero-order valence-corrected chi connectivity index (χ0v) is 10.7. The van der Waals surface area contributed by atoms with Crippen LogP contribution in [0, 0.1) is 0 Å². The largest absolute Gasteiger partial charge is 0.309 e. The van der Waals surface area contributed by atoms with Crippen molar-refractivity contribution < 1.29 is 0 Å². The molecule has 0 fully saturated rings. The Morgan fingerprint density at radius 1 is 1.41 bits per heavy atom. The smallest absolute Gasteiger partial charge is 0.0706 e. The van der Waals surface area contributed by atoms with Crippen LogP contribution in [-0.4, -0.2) is 41.2 Å². The lowest BCUT2D eigenvalue weighted by molar-refractivity contribution is 0.349. The van der Waals surface area contributed by atoms with Crippen molar-refractivity contribution in [3.05, 3.63) is 36.2 Å². The number of fused-ring (bicyclic) bond motifs is 1. The predicted octanol–water partition coefficient (Wildman–Crippen LogP) is 1.37. The Kier molecular flexibility index (Phi) is 3.76. The van der Waals surface area contributed by atoms with Gasteiger partial charge in [0.05, 0.1) is 11.7 Å². The molecule has 0 bridgehead atoms. The topological polar surface area (TPSA) is 32.6 Å². The SMILES string of the molecule is CC(CN(C)C)NCc1cnn2ccccc12. The lowest BCUT2D eigenvalue weighted by Gasteiger charge is -2.17. The molecule has 1 unspecified atom stereocenters. The summed E-state index contributed by atoms with van der Waals surface area (Å²) in [6.45, 7) is 4.10. The van der Waals surface area contributed by atoms with Crippen molar-refractivity contribution in [3.8, 4) is 0 Å². The summed E-state index contributed by atoms with van der Waals surface area (Å²) < 4.78 is 1.91. The summed E-state index contributed by atoms with van der Waals surface area (Å²) >= 11 is 0. The van der Waals surface area contributed by atoms with Crippen molar-refractivity contribution >= 4 is 5.52 Å². The van der Waals surface area contributed by atoms with Gasteiger partial charge in [0.15, 0.2) is 0 Å². The number of hydrogen-bond donors (Lipinski definition) is 1. The maximum Gasteiger partial charge on any atom is 0.0706 e. The van der Waals surface area contributed by atoms with Gasteiger partial charge >= 0.3 is 0 Å². The van der Waals surface area contributed by atoms with E-state index < -0.39 is 0 Å². The standard InChI is InChI=1S/C13H20N4/c1-11(10-16(2)3)14-8-12-9-15-17-7-5-4-6-13(12)17/h4-7,9,11,14H,8,10H2,1-3H3. The quantitative estimate of drug-likeness (QED) is 0.845. The maximum atomic E-state index is 4.32. The zero-order chi connectivity index (χ0) is 12.3. The van der Waals surface area contributed by atoms with Crippen LogP contribution < -0.4 is 5.32 Å². The summed E-state index contributed by atoms with van der Waals surface area (Å²) in [6, 6.07) is 6.61. The van der Waals surface area contributed by atoms with E-state index >= 15 is 0 Å². The molecule has 2 rings (SSSR count). The molecule has 0 aliphatic heterocycles. The summed E-state index contributed by atoms with van der Waals surface area (Å²) in [4.78, 5) is 2.19. The molecular formula is C13H20N4. The number of aromatic nitrogens is 2. The molecule has 0 saturated carbocycles. The first kappa shape index (κ1) is 12.1. The molecule has 1 atom stereocenters. The van der Waals surface area contributed by atoms with Crippen LogP contribution in [-0.2, 0) is 6.54 Å². The lowest BCUT2D eigenvalue weighted by atomic mass is 10.2. The van der Waals surface area contributed by atoms with E-state index in [1.165, 1.54) is 11.1 Å². The molecule has 92 valence electrons. The normalized spacial score (nSPS) is 13.4. The predicted molar refractivity (Wildman–Crippen MR) is 70.0 cm³/mol. The molecule has 2 aromatic rings. The Hall–Kier alpha value is -1.39. The minimum Gasteiger partial charge on any atom is -0.309 e. The average molecular weight is 232 g/mol. The average Bonchev–Trinajstić information content (AvgIpc) is 2.69. The van der Waals surface area contributed by atoms with E-state index in [0.29, 0.717) is 6.04 Å². The third-order valence-electron chi connectivity index (χ3n) is 2.79. The number of likely N-dealkylation sites (N-methyl/N-ethyl adjacent to an activating group) is 1. The molecule has 4 nitrogen and oxygen atoms in total. The van der Waals surface area contributed by atoms with Crippen LogP contribution >= 0.6 is 0 Å². The van der Waals surface area contributed by atoms with Gasteiger partial charge in [-0.2, -0.15) is 5.10 Å². The second-order valence-corrected chi connectivity index (χ2v) is 4.74. The van der Waals surface area contributed by atoms with Gasteiger partial charge in [-0.3, -0.25) is 0 Å². The van der Waals surface area contributed by atoms with Crippen LogP contribution in [0.1, 0.15) is 12.5 Å². The highest BCUT2D eigenvalue weighted by Crippen LogP contribution is 2.09. The van der Waals surface area contributed by atoms with Crippen molar-refractivity contribution in [1.82, 2.24) is 19.8 Å². The zero-order valence-electron chi connectivity index (χ0n) is 10.7. The van der Waals surface area contributed by atoms with E-state index in [1.54, 1.807) is 0 Å². The second-order valence-electron chi connectivity index (χ2n) is 4.74. The van der Waals surface area contributed by atoms with Crippen LogP contribution in [0.5, 0.6) is 0 Å². The van der Waals surface area contributed by atoms with Crippen LogP contribution in [0.3, 0.4) is 0 Å². The van der Waals surface area contributed by atoms with Gasteiger partial charge in [-0.1, -0.05) is 6.07 Å². The van der Waals surface area contributed by atoms with Crippen molar-refractivity contribution in [2.45, 2.75) is 19.5 Å². The maximum absolute atomic E-state index is 4.32. The summed E-state index contributed by atoms with van der Waals surface area (Å²) in [6.07, 6.45) is 3.91. The third kappa shape index (κ3) is 3.05. The molecule has 0 aliphatic rings. The summed E-state index contributed by atoms with van der Waals surface area (Å²) in [7, 11) is 4.18. The summed E-state index contributed by atoms with van der Waals surface area (Å²) in [5, 5.41) is 7.84. The molecule has 2 aromatic heterocycles. The highest BCUT2D eigenvalue weighted by molar-refractivity contribution is 5.53. The summed E-state index contributed by atoms with van der Waals surface area (Å²) in [5.74, 6) is 0. The van der Waals surface area contributed by atoms with Crippen LogP contribution in [0.15, 0.2) is 30.6 Å². The van der Waals surface area contributed by atoms with Crippen LogP contribution in [0.2, 0.25) is 0 Å². The van der Waals surface area contributed by atoms with E-state index in [1.807, 2.05) is 29.0 Å². The first-order valence-electron chi connectivity index (χ1n) is 5.96. The summed E-state index contributed by atoms with van der Waals surface area (Å²) in [5.41, 5.74) is 2.42. The van der Waals surface area contributed by atoms with Gasteiger partial charge < -0.3 is 10.2 Å². The molecule has 0 amide bonds. The first-order valence-corrected chi connectivity index (χ1v) is 5.96. The fourth-order valence-corrected chi connectivity index (χ4v) is 2.02. The number of hydrogen-bond acceptors (Lipinski definition) is 3. The van der Waals surface area contributed by atoms with Crippen molar-refractivity contribution in [2.75, 3.05) is 20.6 Å². The monoisotopic (exact) mass is 232 g/mol. The van der Waals surface area contributed by atoms with Crippen molar-refractivity contribution in [2.24, 2.45) is 0 Å². The molecule has 0 aromatic carbocycles. The third-order valence-corrected chi connectivity index (χ3v) is 2.79. The second kappa shape index (κ2) is 5.29. The Morgan fingerprint density at radius 3 is 3.00 bits per heavy atom. The minimum absolute atomic E-state index is 0.476. The van der Waals surface area contributed by atoms with E-state index in [9.17, 15) is 0 Å². The van der Waals surface area contributed by atoms with E-state index in [-0.39, 0.29) is 0 Å². The first-order chi connectivity index (χ1) is 8.16. The Labute approximate surface area is 102 Å². The highest BCUT2D eigenvalue weighted by atomic mass is 15.2. The Bertz CT molecular complexity index is 475. The number of nitrogens with one attached hydrogen (secondary N) is 1. The van der Waals surface area contributed by atoms with Gasteiger partial charge in [0, 0.05) is 30.9 Å². The molecule has 17 heavy (non-hydrogen) atoms. The highest BCUT2D eigenvalue weighted by Gasteiger charge is 2.06. The van der Waals surface area contributed by atoms with Gasteiger partial charge in [-0.05, 0) is 33.2 Å². The minimum atomic E-state index is 0.476. The molecule has 4 heteroatoms. The molecular weight excluding hydrogens is 212 g/mol. The van der Waals surface area contributed by atoms with Crippen LogP contribution in [0.25, 0.3) is 5.52 Å². The Balaban J connectivity index is 1.99. The van der Waals surface area contributed by atoms with Crippen molar-refractivity contribution in [3.63, 3.8) is 0 Å². The Morgan fingerprint density at radius 2 is 2.24 bits per heavy atom. The van der Waals surface area contributed by atoms with Gasteiger partial charge in [0.25, 0.3) is 0 Å². The molecule has 0 radical (unpaired) electrons. The molecule has 1 N–H and O–H groups in total. The van der Waals surface area contributed by atoms with Crippen LogP contribution in [0.4, 0.5) is 0 Å². The van der Waals surface area contributed by atoms with E-state index in [0.717, 1.165) is 13.1 Å². The van der Waals surface area contributed by atoms with Gasteiger partial charge in [0.1, 0.15) is 0 Å². The number of nitrogens with zero attached hydrogens (tertiary/aromatic N) is 3. The van der Waals surface area contributed by atoms with Crippen molar-refractivity contribution in [1.29, 1.82) is 0 Å². The molecule has 0 aliphatic carbocycles.